The van der Waals surface area contributed by atoms with Gasteiger partial charge in [-0.2, -0.15) is 0 Å². The van der Waals surface area contributed by atoms with E-state index in [1.54, 1.807) is 0 Å². The third-order valence-corrected chi connectivity index (χ3v) is 2.07. The number of nitrogens with two attached hydrogens (primary N) is 1. The van der Waals surface area contributed by atoms with Crippen LogP contribution in [0.25, 0.3) is 0 Å². The van der Waals surface area contributed by atoms with Crippen molar-refractivity contribution in [3.8, 4) is 0 Å². The zero-order valence-electron chi connectivity index (χ0n) is 6.60. The maximum atomic E-state index is 9.35. The highest BCUT2D eigenvalue weighted by atomic mass is 16.5. The Morgan fingerprint density at radius 2 is 2.09 bits per heavy atom. The predicted molar refractivity (Wildman–Crippen MR) is 40.0 cm³/mol. The molecule has 0 aromatic heterocycles. The van der Waals surface area contributed by atoms with Gasteiger partial charge >= 0.3 is 0 Å². The molecule has 1 saturated heterocycles. The van der Waals surface area contributed by atoms with Gasteiger partial charge in [-0.1, -0.05) is 6.92 Å². The average Bonchev–Trinajstić information content (AvgIpc) is 2.01. The van der Waals surface area contributed by atoms with Crippen LogP contribution in [0.2, 0.25) is 0 Å². The Balaban J connectivity index is 2.52. The number of aliphatic hydroxyl groups is 2. The van der Waals surface area contributed by atoms with E-state index >= 15 is 0 Å². The summed E-state index contributed by atoms with van der Waals surface area (Å²) in [7, 11) is 0. The first-order chi connectivity index (χ1) is 5.16. The Morgan fingerprint density at radius 3 is 2.64 bits per heavy atom. The first-order valence-electron chi connectivity index (χ1n) is 3.90. The van der Waals surface area contributed by atoms with Crippen molar-refractivity contribution in [2.24, 2.45) is 5.73 Å². The molecule has 0 aromatic rings. The second-order valence-electron chi connectivity index (χ2n) is 2.93. The standard InChI is InChI=1S/C7H15NO3/c1-2-5-7(10)6(9)4(8)3-11-5/h4-7,9-10H,2-3,8H2,1H3. The monoisotopic (exact) mass is 161 g/mol. The summed E-state index contributed by atoms with van der Waals surface area (Å²) in [6.45, 7) is 2.23. The van der Waals surface area contributed by atoms with Crippen LogP contribution in [0.4, 0.5) is 0 Å². The van der Waals surface area contributed by atoms with Crippen LogP contribution in [0, 0.1) is 0 Å². The second-order valence-corrected chi connectivity index (χ2v) is 2.93. The van der Waals surface area contributed by atoms with Crippen LogP contribution < -0.4 is 5.73 Å². The number of rotatable bonds is 1. The molecule has 66 valence electrons. The molecule has 0 spiro atoms. The molecule has 11 heavy (non-hydrogen) atoms. The van der Waals surface area contributed by atoms with Crippen molar-refractivity contribution in [3.05, 3.63) is 0 Å². The second kappa shape index (κ2) is 3.49. The van der Waals surface area contributed by atoms with Crippen LogP contribution in [0.15, 0.2) is 0 Å². The Kier molecular flexibility index (Phi) is 2.84. The lowest BCUT2D eigenvalue weighted by Gasteiger charge is -2.35. The average molecular weight is 161 g/mol. The van der Waals surface area contributed by atoms with Crippen molar-refractivity contribution >= 4 is 0 Å². The van der Waals surface area contributed by atoms with Crippen molar-refractivity contribution in [1.82, 2.24) is 0 Å². The van der Waals surface area contributed by atoms with Gasteiger partial charge in [0.25, 0.3) is 0 Å². The van der Waals surface area contributed by atoms with E-state index < -0.39 is 18.2 Å². The molecule has 1 aliphatic heterocycles. The van der Waals surface area contributed by atoms with Gasteiger partial charge in [0.05, 0.1) is 24.9 Å². The third-order valence-electron chi connectivity index (χ3n) is 2.07. The summed E-state index contributed by atoms with van der Waals surface area (Å²) in [6, 6.07) is -0.451. The molecule has 1 rings (SSSR count). The quantitative estimate of drug-likeness (QED) is 0.453. The lowest BCUT2D eigenvalue weighted by Crippen LogP contribution is -2.56. The minimum absolute atomic E-state index is 0.259. The fourth-order valence-electron chi connectivity index (χ4n) is 1.26. The minimum atomic E-state index is -0.839. The largest absolute Gasteiger partial charge is 0.389 e. The number of hydrogen-bond acceptors (Lipinski definition) is 4. The fraction of sp³-hybridized carbons (Fsp3) is 1.00. The van der Waals surface area contributed by atoms with Gasteiger partial charge in [0.1, 0.15) is 6.10 Å². The summed E-state index contributed by atoms with van der Waals surface area (Å²) in [5.74, 6) is 0. The first kappa shape index (κ1) is 8.93. The molecule has 0 bridgehead atoms. The Morgan fingerprint density at radius 1 is 1.45 bits per heavy atom. The lowest BCUT2D eigenvalue weighted by molar-refractivity contribution is -0.144. The van der Waals surface area contributed by atoms with E-state index in [4.69, 9.17) is 10.5 Å². The van der Waals surface area contributed by atoms with E-state index in [-0.39, 0.29) is 6.10 Å². The van der Waals surface area contributed by atoms with Crippen LogP contribution in [-0.2, 0) is 4.74 Å². The molecule has 0 radical (unpaired) electrons. The van der Waals surface area contributed by atoms with Crippen LogP contribution in [-0.4, -0.2) is 41.2 Å². The van der Waals surface area contributed by atoms with E-state index in [1.165, 1.54) is 0 Å². The summed E-state index contributed by atoms with van der Waals surface area (Å²) in [5.41, 5.74) is 5.45. The van der Waals surface area contributed by atoms with Gasteiger partial charge in [-0.3, -0.25) is 0 Å². The Bertz CT molecular complexity index is 129. The summed E-state index contributed by atoms with van der Waals surface area (Å²) in [4.78, 5) is 0. The number of aliphatic hydroxyl groups excluding tert-OH is 2. The van der Waals surface area contributed by atoms with E-state index in [0.29, 0.717) is 13.0 Å². The molecular weight excluding hydrogens is 146 g/mol. The zero-order chi connectivity index (χ0) is 8.43. The van der Waals surface area contributed by atoms with Gasteiger partial charge in [0.15, 0.2) is 0 Å². The normalized spacial score (nSPS) is 45.8. The summed E-state index contributed by atoms with van der Waals surface area (Å²) in [5, 5.41) is 18.6. The lowest BCUT2D eigenvalue weighted by atomic mass is 9.97. The molecular formula is C7H15NO3. The SMILES string of the molecule is CCC1OCC(N)C(O)C1O. The molecule has 1 aliphatic rings. The van der Waals surface area contributed by atoms with Crippen molar-refractivity contribution in [1.29, 1.82) is 0 Å². The van der Waals surface area contributed by atoms with Gasteiger partial charge in [-0.15, -0.1) is 0 Å². The van der Waals surface area contributed by atoms with E-state index in [9.17, 15) is 10.2 Å². The fourth-order valence-corrected chi connectivity index (χ4v) is 1.26. The van der Waals surface area contributed by atoms with Crippen molar-refractivity contribution in [3.63, 3.8) is 0 Å². The van der Waals surface area contributed by atoms with Crippen LogP contribution in [0.5, 0.6) is 0 Å². The van der Waals surface area contributed by atoms with Gasteiger partial charge in [0, 0.05) is 0 Å². The number of hydrogen-bond donors (Lipinski definition) is 3. The molecule has 0 aliphatic carbocycles. The Labute approximate surface area is 66.0 Å². The van der Waals surface area contributed by atoms with Crippen molar-refractivity contribution in [2.45, 2.75) is 37.7 Å². The van der Waals surface area contributed by atoms with Crippen LogP contribution >= 0.6 is 0 Å². The predicted octanol–water partition coefficient (Wildman–Crippen LogP) is -1.16. The molecule has 1 fully saturated rings. The summed E-state index contributed by atoms with van der Waals surface area (Å²) < 4.78 is 5.19. The van der Waals surface area contributed by atoms with Gasteiger partial charge in [-0.05, 0) is 6.42 Å². The van der Waals surface area contributed by atoms with E-state index in [1.807, 2.05) is 6.92 Å². The first-order valence-corrected chi connectivity index (χ1v) is 3.90. The molecule has 0 amide bonds. The molecule has 4 heteroatoms. The molecule has 1 heterocycles. The van der Waals surface area contributed by atoms with E-state index in [2.05, 4.69) is 0 Å². The molecule has 0 aromatic carbocycles. The van der Waals surface area contributed by atoms with E-state index in [0.717, 1.165) is 0 Å². The smallest absolute Gasteiger partial charge is 0.108 e. The van der Waals surface area contributed by atoms with Gasteiger partial charge < -0.3 is 20.7 Å². The summed E-state index contributed by atoms with van der Waals surface area (Å²) >= 11 is 0. The maximum absolute atomic E-state index is 9.35. The highest BCUT2D eigenvalue weighted by Crippen LogP contribution is 2.16. The number of ether oxygens (including phenoxy) is 1. The Hall–Kier alpha value is -0.160. The highest BCUT2D eigenvalue weighted by Gasteiger charge is 2.35. The summed E-state index contributed by atoms with van der Waals surface area (Å²) in [6.07, 6.45) is -1.23. The third kappa shape index (κ3) is 1.70. The van der Waals surface area contributed by atoms with Crippen molar-refractivity contribution < 1.29 is 14.9 Å². The molecule has 0 saturated carbocycles. The zero-order valence-corrected chi connectivity index (χ0v) is 6.60. The van der Waals surface area contributed by atoms with Crippen LogP contribution in [0.1, 0.15) is 13.3 Å². The molecule has 4 atom stereocenters. The van der Waals surface area contributed by atoms with Crippen LogP contribution in [0.3, 0.4) is 0 Å². The molecule has 4 N–H and O–H groups in total. The topological polar surface area (TPSA) is 75.7 Å². The minimum Gasteiger partial charge on any atom is -0.389 e. The maximum Gasteiger partial charge on any atom is 0.108 e. The highest BCUT2D eigenvalue weighted by molar-refractivity contribution is 4.87. The molecule has 4 nitrogen and oxygen atoms in total. The van der Waals surface area contributed by atoms with Gasteiger partial charge in [0.2, 0.25) is 0 Å². The van der Waals surface area contributed by atoms with Gasteiger partial charge in [-0.25, -0.2) is 0 Å². The molecule has 4 unspecified atom stereocenters. The van der Waals surface area contributed by atoms with Crippen molar-refractivity contribution in [2.75, 3.05) is 6.61 Å².